The van der Waals surface area contributed by atoms with E-state index in [-0.39, 0.29) is 17.6 Å². The van der Waals surface area contributed by atoms with Crippen molar-refractivity contribution in [2.45, 2.75) is 20.3 Å². The molecule has 30 heavy (non-hydrogen) atoms. The van der Waals surface area contributed by atoms with E-state index in [1.807, 2.05) is 19.1 Å². The van der Waals surface area contributed by atoms with Gasteiger partial charge in [-0.05, 0) is 76.5 Å². The first-order valence-corrected chi connectivity index (χ1v) is 10.2. The number of anilines is 1. The fourth-order valence-corrected chi connectivity index (χ4v) is 3.02. The summed E-state index contributed by atoms with van der Waals surface area (Å²) >= 11 is 8.39. The van der Waals surface area contributed by atoms with E-state index in [9.17, 15) is 14.4 Å². The second-order valence-electron chi connectivity index (χ2n) is 6.12. The smallest absolute Gasteiger partial charge is 0.269 e. The molecule has 158 valence electrons. The van der Waals surface area contributed by atoms with Crippen LogP contribution in [0.3, 0.4) is 0 Å². The molecule has 0 bridgehead atoms. The zero-order chi connectivity index (χ0) is 22.1. The number of nitrogens with one attached hydrogen (secondary N) is 4. The number of ether oxygens (including phenoxy) is 1. The maximum Gasteiger partial charge on any atom is 0.269 e. The van der Waals surface area contributed by atoms with E-state index in [1.54, 1.807) is 30.3 Å². The number of carbonyl (C=O) groups excluding carboxylic acids is 3. The Morgan fingerprint density at radius 1 is 1.07 bits per heavy atom. The first-order chi connectivity index (χ1) is 14.3. The van der Waals surface area contributed by atoms with Crippen molar-refractivity contribution in [3.63, 3.8) is 0 Å². The predicted octanol–water partition coefficient (Wildman–Crippen LogP) is 2.68. The van der Waals surface area contributed by atoms with Crippen LogP contribution in [0.2, 0.25) is 0 Å². The van der Waals surface area contributed by atoms with Gasteiger partial charge >= 0.3 is 0 Å². The summed E-state index contributed by atoms with van der Waals surface area (Å²) in [4.78, 5) is 35.1. The summed E-state index contributed by atoms with van der Waals surface area (Å²) in [7, 11) is 0. The lowest BCUT2D eigenvalue weighted by molar-refractivity contribution is -0.121. The van der Waals surface area contributed by atoms with Gasteiger partial charge in [-0.15, -0.1) is 0 Å². The summed E-state index contributed by atoms with van der Waals surface area (Å²) in [5.74, 6) is -0.605. The zero-order valence-corrected chi connectivity index (χ0v) is 18.8. The van der Waals surface area contributed by atoms with Crippen LogP contribution in [0, 0.1) is 0 Å². The summed E-state index contributed by atoms with van der Waals surface area (Å²) < 4.78 is 6.23. The van der Waals surface area contributed by atoms with Crippen molar-refractivity contribution in [2.75, 3.05) is 11.9 Å². The maximum absolute atomic E-state index is 12.1. The van der Waals surface area contributed by atoms with Gasteiger partial charge in [-0.2, -0.15) is 0 Å². The molecule has 0 heterocycles. The van der Waals surface area contributed by atoms with Crippen molar-refractivity contribution < 1.29 is 19.1 Å². The molecule has 0 saturated heterocycles. The number of hydrogen-bond donors (Lipinski definition) is 4. The number of aryl methyl sites for hydroxylation is 1. The highest BCUT2D eigenvalue weighted by molar-refractivity contribution is 9.10. The molecule has 0 unspecified atom stereocenters. The number of hydrogen-bond acceptors (Lipinski definition) is 5. The molecule has 10 heteroatoms. The minimum absolute atomic E-state index is 0.0767. The molecule has 0 aliphatic rings. The highest BCUT2D eigenvalue weighted by Gasteiger charge is 2.10. The highest BCUT2D eigenvalue weighted by atomic mass is 79.9. The molecule has 0 radical (unpaired) electrons. The monoisotopic (exact) mass is 492 g/mol. The van der Waals surface area contributed by atoms with Gasteiger partial charge in [0.2, 0.25) is 5.91 Å². The Morgan fingerprint density at radius 2 is 1.77 bits per heavy atom. The normalized spacial score (nSPS) is 9.97. The van der Waals surface area contributed by atoms with Crippen LogP contribution in [0.5, 0.6) is 5.75 Å². The van der Waals surface area contributed by atoms with Crippen molar-refractivity contribution in [3.05, 3.63) is 58.1 Å². The molecule has 3 amide bonds. The molecular weight excluding hydrogens is 472 g/mol. The zero-order valence-electron chi connectivity index (χ0n) is 16.4. The summed E-state index contributed by atoms with van der Waals surface area (Å²) in [6.07, 6.45) is 0.893. The molecule has 0 saturated carbocycles. The second kappa shape index (κ2) is 11.3. The summed E-state index contributed by atoms with van der Waals surface area (Å²) in [6, 6.07) is 11.9. The van der Waals surface area contributed by atoms with Gasteiger partial charge in [0.25, 0.3) is 11.8 Å². The van der Waals surface area contributed by atoms with Crippen LogP contribution >= 0.6 is 28.1 Å². The number of amides is 3. The number of rotatable bonds is 6. The van der Waals surface area contributed by atoms with Gasteiger partial charge in [0.1, 0.15) is 5.75 Å². The van der Waals surface area contributed by atoms with Crippen molar-refractivity contribution in [2.24, 2.45) is 0 Å². The lowest BCUT2D eigenvalue weighted by atomic mass is 10.2. The van der Waals surface area contributed by atoms with Crippen molar-refractivity contribution in [3.8, 4) is 5.75 Å². The molecule has 0 spiro atoms. The Bertz CT molecular complexity index is 950. The molecule has 8 nitrogen and oxygen atoms in total. The van der Waals surface area contributed by atoms with Crippen molar-refractivity contribution in [1.82, 2.24) is 16.2 Å². The van der Waals surface area contributed by atoms with Crippen LogP contribution in [0.1, 0.15) is 29.8 Å². The molecule has 2 aromatic rings. The molecule has 0 fully saturated rings. The summed E-state index contributed by atoms with van der Waals surface area (Å²) in [5.41, 5.74) is 6.89. The van der Waals surface area contributed by atoms with Crippen molar-refractivity contribution >= 4 is 56.7 Å². The molecule has 0 aliphatic heterocycles. The molecular formula is C20H21BrN4O4S. The van der Waals surface area contributed by atoms with Gasteiger partial charge < -0.3 is 10.1 Å². The first-order valence-electron chi connectivity index (χ1n) is 8.97. The van der Waals surface area contributed by atoms with E-state index in [0.29, 0.717) is 17.0 Å². The lowest BCUT2D eigenvalue weighted by Gasteiger charge is -2.12. The van der Waals surface area contributed by atoms with Crippen molar-refractivity contribution in [1.29, 1.82) is 0 Å². The fourth-order valence-electron chi connectivity index (χ4n) is 2.31. The first kappa shape index (κ1) is 23.3. The van der Waals surface area contributed by atoms with Crippen LogP contribution in [0.4, 0.5) is 5.69 Å². The molecule has 0 atom stereocenters. The van der Waals surface area contributed by atoms with Crippen LogP contribution in [0.15, 0.2) is 46.9 Å². The Morgan fingerprint density at radius 3 is 2.37 bits per heavy atom. The van der Waals surface area contributed by atoms with E-state index in [1.165, 1.54) is 6.92 Å². The minimum atomic E-state index is -0.479. The number of benzene rings is 2. The number of halogens is 1. The van der Waals surface area contributed by atoms with Gasteiger partial charge in [-0.25, -0.2) is 0 Å². The van der Waals surface area contributed by atoms with E-state index in [2.05, 4.69) is 37.4 Å². The Labute approximate surface area is 187 Å². The highest BCUT2D eigenvalue weighted by Crippen LogP contribution is 2.26. The molecule has 0 aliphatic carbocycles. The predicted molar refractivity (Wildman–Crippen MR) is 121 cm³/mol. The topological polar surface area (TPSA) is 109 Å². The standard InChI is InChI=1S/C20H21BrN4O4S/c1-3-13-4-9-17(16(21)10-13)29-11-18(27)23-20(30)25-24-19(28)14-5-7-15(8-6-14)22-12(2)26/h4-10H,3,11H2,1-2H3,(H,22,26)(H,24,28)(H2,23,25,27,30). The van der Waals surface area contributed by atoms with Gasteiger partial charge in [0, 0.05) is 18.2 Å². The Hall–Kier alpha value is -2.98. The molecule has 0 aromatic heterocycles. The number of thiocarbonyl (C=S) groups is 1. The second-order valence-corrected chi connectivity index (χ2v) is 7.38. The van der Waals surface area contributed by atoms with Gasteiger partial charge in [-0.1, -0.05) is 13.0 Å². The largest absolute Gasteiger partial charge is 0.483 e. The van der Waals surface area contributed by atoms with Gasteiger partial charge in [-0.3, -0.25) is 30.6 Å². The number of hydrazine groups is 1. The van der Waals surface area contributed by atoms with Crippen LogP contribution in [0.25, 0.3) is 0 Å². The van der Waals surface area contributed by atoms with E-state index in [0.717, 1.165) is 16.5 Å². The van der Waals surface area contributed by atoms with Crippen LogP contribution in [-0.4, -0.2) is 29.4 Å². The third-order valence-electron chi connectivity index (χ3n) is 3.77. The summed E-state index contributed by atoms with van der Waals surface area (Å²) in [5, 5.41) is 4.94. The average Bonchev–Trinajstić information content (AvgIpc) is 2.71. The van der Waals surface area contributed by atoms with Gasteiger partial charge in [0.15, 0.2) is 11.7 Å². The number of carbonyl (C=O) groups is 3. The molecule has 4 N–H and O–H groups in total. The Kier molecular flexibility index (Phi) is 8.75. The van der Waals surface area contributed by atoms with Gasteiger partial charge in [0.05, 0.1) is 4.47 Å². The van der Waals surface area contributed by atoms with Crippen LogP contribution in [-0.2, 0) is 16.0 Å². The lowest BCUT2D eigenvalue weighted by Crippen LogP contribution is -2.49. The van der Waals surface area contributed by atoms with E-state index in [4.69, 9.17) is 17.0 Å². The Balaban J connectivity index is 1.76. The average molecular weight is 493 g/mol. The SMILES string of the molecule is CCc1ccc(OCC(=O)NC(=S)NNC(=O)c2ccc(NC(C)=O)cc2)c(Br)c1. The molecule has 2 rings (SSSR count). The quantitative estimate of drug-likeness (QED) is 0.364. The summed E-state index contributed by atoms with van der Waals surface area (Å²) in [6.45, 7) is 3.19. The van der Waals surface area contributed by atoms with Crippen LogP contribution < -0.4 is 26.2 Å². The van der Waals surface area contributed by atoms with E-state index < -0.39 is 11.8 Å². The minimum Gasteiger partial charge on any atom is -0.483 e. The third-order valence-corrected chi connectivity index (χ3v) is 4.60. The fraction of sp³-hybridized carbons (Fsp3) is 0.200. The maximum atomic E-state index is 12.1. The van der Waals surface area contributed by atoms with E-state index >= 15 is 0 Å². The third kappa shape index (κ3) is 7.45. The molecule has 2 aromatic carbocycles.